The summed E-state index contributed by atoms with van der Waals surface area (Å²) in [7, 11) is 0. The molecule has 0 aliphatic rings. The SMILES string of the molecule is CCOCCn1c(=NC(=O)c2ccccc2Cl)sc2cc(F)ccc21. The van der Waals surface area contributed by atoms with Gasteiger partial charge in [-0.05, 0) is 37.3 Å². The molecule has 0 fully saturated rings. The first-order chi connectivity index (χ1) is 12.1. The van der Waals surface area contributed by atoms with Crippen molar-refractivity contribution in [3.8, 4) is 0 Å². The maximum atomic E-state index is 13.5. The fraction of sp³-hybridized carbons (Fsp3) is 0.222. The van der Waals surface area contributed by atoms with Crippen LogP contribution in [0.4, 0.5) is 4.39 Å². The number of hydrogen-bond donors (Lipinski definition) is 0. The predicted molar refractivity (Wildman–Crippen MR) is 97.6 cm³/mol. The zero-order valence-electron chi connectivity index (χ0n) is 13.5. The van der Waals surface area contributed by atoms with Crippen LogP contribution in [0, 0.1) is 5.82 Å². The van der Waals surface area contributed by atoms with Crippen molar-refractivity contribution < 1.29 is 13.9 Å². The van der Waals surface area contributed by atoms with E-state index in [1.54, 1.807) is 30.3 Å². The van der Waals surface area contributed by atoms with Gasteiger partial charge in [0.1, 0.15) is 5.82 Å². The summed E-state index contributed by atoms with van der Waals surface area (Å²) in [5, 5.41) is 0.351. The quantitative estimate of drug-likeness (QED) is 0.622. The van der Waals surface area contributed by atoms with Gasteiger partial charge < -0.3 is 9.30 Å². The van der Waals surface area contributed by atoms with Crippen molar-refractivity contribution in [3.63, 3.8) is 0 Å². The number of rotatable bonds is 5. The van der Waals surface area contributed by atoms with E-state index in [2.05, 4.69) is 4.99 Å². The second kappa shape index (κ2) is 7.91. The molecule has 0 saturated heterocycles. The summed E-state index contributed by atoms with van der Waals surface area (Å²) in [5.74, 6) is -0.752. The molecule has 2 aromatic carbocycles. The van der Waals surface area contributed by atoms with Gasteiger partial charge in [0.2, 0.25) is 0 Å². The Hall–Kier alpha value is -2.02. The van der Waals surface area contributed by atoms with Crippen LogP contribution in [0.2, 0.25) is 5.02 Å². The molecule has 0 atom stereocenters. The minimum Gasteiger partial charge on any atom is -0.380 e. The highest BCUT2D eigenvalue weighted by Crippen LogP contribution is 2.20. The number of benzene rings is 2. The molecule has 1 heterocycles. The van der Waals surface area contributed by atoms with E-state index < -0.39 is 5.91 Å². The number of hydrogen-bond acceptors (Lipinski definition) is 3. The van der Waals surface area contributed by atoms with Gasteiger partial charge in [-0.3, -0.25) is 4.79 Å². The molecule has 7 heteroatoms. The summed E-state index contributed by atoms with van der Waals surface area (Å²) < 4.78 is 21.5. The Morgan fingerprint density at radius 1 is 1.32 bits per heavy atom. The lowest BCUT2D eigenvalue weighted by Gasteiger charge is -2.05. The maximum absolute atomic E-state index is 13.5. The van der Waals surface area contributed by atoms with E-state index in [0.29, 0.717) is 35.1 Å². The van der Waals surface area contributed by atoms with Crippen LogP contribution in [0.3, 0.4) is 0 Å². The zero-order chi connectivity index (χ0) is 17.8. The van der Waals surface area contributed by atoms with Crippen LogP contribution in [0.5, 0.6) is 0 Å². The normalized spacial score (nSPS) is 12.0. The van der Waals surface area contributed by atoms with Crippen LogP contribution in [-0.2, 0) is 11.3 Å². The highest BCUT2D eigenvalue weighted by Gasteiger charge is 2.12. The van der Waals surface area contributed by atoms with Gasteiger partial charge in [0, 0.05) is 13.2 Å². The third-order valence-electron chi connectivity index (χ3n) is 3.61. The fourth-order valence-corrected chi connectivity index (χ4v) is 3.73. The van der Waals surface area contributed by atoms with Crippen molar-refractivity contribution in [2.45, 2.75) is 13.5 Å². The standard InChI is InChI=1S/C18H16ClFN2O2S/c1-2-24-10-9-22-15-8-7-12(20)11-16(15)25-18(22)21-17(23)13-5-3-4-6-14(13)19/h3-8,11H,2,9-10H2,1H3. The number of nitrogens with zero attached hydrogens (tertiary/aromatic N) is 2. The number of fused-ring (bicyclic) bond motifs is 1. The van der Waals surface area contributed by atoms with Crippen LogP contribution in [0.15, 0.2) is 47.5 Å². The van der Waals surface area contributed by atoms with E-state index in [9.17, 15) is 9.18 Å². The molecule has 25 heavy (non-hydrogen) atoms. The molecule has 3 rings (SSSR count). The smallest absolute Gasteiger partial charge is 0.281 e. The highest BCUT2D eigenvalue weighted by atomic mass is 35.5. The molecule has 0 N–H and O–H groups in total. The number of carbonyl (C=O) groups excluding carboxylic acids is 1. The number of ether oxygens (including phenoxy) is 1. The van der Waals surface area contributed by atoms with E-state index in [4.69, 9.17) is 16.3 Å². The number of halogens is 2. The van der Waals surface area contributed by atoms with E-state index in [-0.39, 0.29) is 5.82 Å². The molecule has 0 saturated carbocycles. The molecule has 1 amide bonds. The van der Waals surface area contributed by atoms with Crippen LogP contribution >= 0.6 is 22.9 Å². The molecule has 0 aliphatic carbocycles. The zero-order valence-corrected chi connectivity index (χ0v) is 15.1. The van der Waals surface area contributed by atoms with Gasteiger partial charge in [-0.25, -0.2) is 4.39 Å². The molecule has 3 aromatic rings. The summed E-state index contributed by atoms with van der Waals surface area (Å²) in [6.07, 6.45) is 0. The predicted octanol–water partition coefficient (Wildman–Crippen LogP) is 4.27. The van der Waals surface area contributed by atoms with Crippen LogP contribution in [0.25, 0.3) is 10.2 Å². The monoisotopic (exact) mass is 378 g/mol. The largest absolute Gasteiger partial charge is 0.380 e. The summed E-state index contributed by atoms with van der Waals surface area (Å²) >= 11 is 7.33. The van der Waals surface area contributed by atoms with Crippen molar-refractivity contribution in [3.05, 3.63) is 63.7 Å². The maximum Gasteiger partial charge on any atom is 0.281 e. The van der Waals surface area contributed by atoms with Gasteiger partial charge >= 0.3 is 0 Å². The van der Waals surface area contributed by atoms with E-state index in [1.165, 1.54) is 23.5 Å². The van der Waals surface area contributed by atoms with Crippen molar-refractivity contribution in [1.29, 1.82) is 0 Å². The van der Waals surface area contributed by atoms with Crippen LogP contribution < -0.4 is 4.80 Å². The van der Waals surface area contributed by atoms with Gasteiger partial charge in [0.05, 0.1) is 27.4 Å². The molecule has 0 bridgehead atoms. The topological polar surface area (TPSA) is 43.6 Å². The minimum atomic E-state index is -0.428. The Morgan fingerprint density at radius 3 is 2.88 bits per heavy atom. The lowest BCUT2D eigenvalue weighted by Crippen LogP contribution is -2.19. The number of amides is 1. The number of aromatic nitrogens is 1. The van der Waals surface area contributed by atoms with Crippen LogP contribution in [-0.4, -0.2) is 23.7 Å². The average Bonchev–Trinajstić information content (AvgIpc) is 2.92. The van der Waals surface area contributed by atoms with E-state index in [1.807, 2.05) is 11.5 Å². The van der Waals surface area contributed by atoms with Gasteiger partial charge in [0.15, 0.2) is 4.80 Å². The first kappa shape index (κ1) is 17.8. The highest BCUT2D eigenvalue weighted by molar-refractivity contribution is 7.16. The first-order valence-electron chi connectivity index (χ1n) is 7.80. The first-order valence-corrected chi connectivity index (χ1v) is 9.00. The van der Waals surface area contributed by atoms with Gasteiger partial charge in [-0.2, -0.15) is 4.99 Å². The number of thiazole rings is 1. The Bertz CT molecular complexity index is 981. The van der Waals surface area contributed by atoms with Crippen molar-refractivity contribution in [2.24, 2.45) is 4.99 Å². The Balaban J connectivity index is 2.08. The molecule has 1 aromatic heterocycles. The van der Waals surface area contributed by atoms with Gasteiger partial charge in [-0.1, -0.05) is 35.1 Å². The second-order valence-corrected chi connectivity index (χ2v) is 6.66. The molecule has 0 aliphatic heterocycles. The minimum absolute atomic E-state index is 0.324. The Labute approximate surface area is 153 Å². The molecular formula is C18H16ClFN2O2S. The van der Waals surface area contributed by atoms with Crippen molar-refractivity contribution >= 4 is 39.1 Å². The Morgan fingerprint density at radius 2 is 2.12 bits per heavy atom. The van der Waals surface area contributed by atoms with Crippen molar-refractivity contribution in [1.82, 2.24) is 4.57 Å². The van der Waals surface area contributed by atoms with Crippen molar-refractivity contribution in [2.75, 3.05) is 13.2 Å². The molecular weight excluding hydrogens is 363 g/mol. The van der Waals surface area contributed by atoms with E-state index in [0.717, 1.165) is 10.2 Å². The third kappa shape index (κ3) is 3.98. The molecule has 4 nitrogen and oxygen atoms in total. The lowest BCUT2D eigenvalue weighted by molar-refractivity contribution is 0.0997. The average molecular weight is 379 g/mol. The van der Waals surface area contributed by atoms with Crippen LogP contribution in [0.1, 0.15) is 17.3 Å². The molecule has 0 unspecified atom stereocenters. The molecule has 130 valence electrons. The summed E-state index contributed by atoms with van der Waals surface area (Å²) in [5.41, 5.74) is 1.15. The fourth-order valence-electron chi connectivity index (χ4n) is 2.43. The molecule has 0 spiro atoms. The Kier molecular flexibility index (Phi) is 5.63. The van der Waals surface area contributed by atoms with Gasteiger partial charge in [-0.15, -0.1) is 0 Å². The summed E-state index contributed by atoms with van der Waals surface area (Å²) in [4.78, 5) is 17.2. The third-order valence-corrected chi connectivity index (χ3v) is 4.98. The summed E-state index contributed by atoms with van der Waals surface area (Å²) in [6, 6.07) is 11.3. The second-order valence-electron chi connectivity index (χ2n) is 5.24. The molecule has 0 radical (unpaired) electrons. The van der Waals surface area contributed by atoms with Gasteiger partial charge in [0.25, 0.3) is 5.91 Å². The number of carbonyl (C=O) groups is 1. The lowest BCUT2D eigenvalue weighted by atomic mass is 10.2. The van der Waals surface area contributed by atoms with E-state index >= 15 is 0 Å². The summed E-state index contributed by atoms with van der Waals surface area (Å²) in [6.45, 7) is 3.52.